The lowest BCUT2D eigenvalue weighted by molar-refractivity contribution is 0.536. The molecule has 0 saturated carbocycles. The fourth-order valence-corrected chi connectivity index (χ4v) is 1.88. The van der Waals surface area contributed by atoms with Crippen LogP contribution >= 0.6 is 11.8 Å². The zero-order valence-electron chi connectivity index (χ0n) is 8.23. The fraction of sp³-hybridized carbons (Fsp3) is 0.400. The number of hydrogen-bond donors (Lipinski definition) is 1. The first-order valence-corrected chi connectivity index (χ1v) is 5.43. The van der Waals surface area contributed by atoms with Crippen molar-refractivity contribution in [2.24, 2.45) is 0 Å². The van der Waals surface area contributed by atoms with Crippen molar-refractivity contribution >= 4 is 11.8 Å². The van der Waals surface area contributed by atoms with Gasteiger partial charge in [0.05, 0.1) is 4.90 Å². The topological polar surface area (TPSA) is 12.0 Å². The van der Waals surface area contributed by atoms with Crippen LogP contribution in [0, 0.1) is 11.6 Å². The number of nitrogens with one attached hydrogen (secondary N) is 1. The van der Waals surface area contributed by atoms with Crippen molar-refractivity contribution in [1.82, 2.24) is 5.32 Å². The van der Waals surface area contributed by atoms with Crippen LogP contribution in [-0.2, 0) is 6.54 Å². The molecule has 0 amide bonds. The van der Waals surface area contributed by atoms with Crippen LogP contribution in [0.15, 0.2) is 17.0 Å². The molecule has 78 valence electrons. The van der Waals surface area contributed by atoms with Gasteiger partial charge >= 0.3 is 0 Å². The Morgan fingerprint density at radius 2 is 1.86 bits per heavy atom. The Labute approximate surface area is 86.9 Å². The third-order valence-corrected chi connectivity index (χ3v) is 2.70. The molecule has 0 aliphatic heterocycles. The maximum absolute atomic E-state index is 13.3. The van der Waals surface area contributed by atoms with Gasteiger partial charge in [0, 0.05) is 6.54 Å². The van der Waals surface area contributed by atoms with Gasteiger partial charge in [-0.25, -0.2) is 8.78 Å². The number of halogens is 2. The Balaban J connectivity index is 2.98. The highest BCUT2D eigenvalue weighted by molar-refractivity contribution is 7.99. The molecule has 1 N–H and O–H groups in total. The zero-order valence-corrected chi connectivity index (χ0v) is 9.05. The van der Waals surface area contributed by atoms with Gasteiger partial charge in [-0.3, -0.25) is 0 Å². The van der Waals surface area contributed by atoms with Gasteiger partial charge in [0.25, 0.3) is 0 Å². The van der Waals surface area contributed by atoms with Crippen LogP contribution in [0.4, 0.5) is 8.78 Å². The van der Waals surface area contributed by atoms with Crippen molar-refractivity contribution < 1.29 is 8.78 Å². The number of hydrogen-bond acceptors (Lipinski definition) is 2. The predicted molar refractivity (Wildman–Crippen MR) is 55.5 cm³/mol. The van der Waals surface area contributed by atoms with Crippen LogP contribution in [0.2, 0.25) is 0 Å². The molecule has 0 spiro atoms. The summed E-state index contributed by atoms with van der Waals surface area (Å²) in [6.45, 7) is 2.34. The molecule has 1 aromatic carbocycles. The van der Waals surface area contributed by atoms with Gasteiger partial charge in [-0.15, -0.1) is 11.8 Å². The molecule has 14 heavy (non-hydrogen) atoms. The molecule has 0 bridgehead atoms. The first kappa shape index (κ1) is 11.5. The van der Waals surface area contributed by atoms with Gasteiger partial charge in [-0.1, -0.05) is 6.92 Å². The molecule has 0 fully saturated rings. The minimum atomic E-state index is -0.470. The summed E-state index contributed by atoms with van der Waals surface area (Å²) in [4.78, 5) is 0.118. The molecule has 0 atom stereocenters. The van der Waals surface area contributed by atoms with E-state index in [-0.39, 0.29) is 4.90 Å². The van der Waals surface area contributed by atoms with Crippen LogP contribution < -0.4 is 5.32 Å². The van der Waals surface area contributed by atoms with E-state index in [0.717, 1.165) is 0 Å². The van der Waals surface area contributed by atoms with Gasteiger partial charge < -0.3 is 5.32 Å². The highest BCUT2D eigenvalue weighted by Crippen LogP contribution is 2.25. The second-order valence-electron chi connectivity index (χ2n) is 2.85. The second-order valence-corrected chi connectivity index (χ2v) is 4.13. The maximum atomic E-state index is 13.3. The Hall–Kier alpha value is -0.610. The summed E-state index contributed by atoms with van der Waals surface area (Å²) in [7, 11) is 1.74. The van der Waals surface area contributed by atoms with Crippen LogP contribution in [0.1, 0.15) is 12.5 Å². The van der Waals surface area contributed by atoms with Gasteiger partial charge in [0.1, 0.15) is 11.6 Å². The van der Waals surface area contributed by atoms with Crippen molar-refractivity contribution in [3.05, 3.63) is 29.3 Å². The first-order chi connectivity index (χ1) is 6.69. The molecular weight excluding hydrogens is 204 g/mol. The van der Waals surface area contributed by atoms with E-state index in [9.17, 15) is 8.78 Å². The summed E-state index contributed by atoms with van der Waals surface area (Å²) in [5.74, 6) is -0.275. The smallest absolute Gasteiger partial charge is 0.140 e. The number of rotatable bonds is 4. The molecule has 0 unspecified atom stereocenters. The molecular formula is C10H13F2NS. The van der Waals surface area contributed by atoms with E-state index < -0.39 is 11.6 Å². The maximum Gasteiger partial charge on any atom is 0.140 e. The molecule has 0 saturated heterocycles. The van der Waals surface area contributed by atoms with Crippen LogP contribution in [-0.4, -0.2) is 12.8 Å². The van der Waals surface area contributed by atoms with Gasteiger partial charge in [0.15, 0.2) is 0 Å². The van der Waals surface area contributed by atoms with E-state index in [4.69, 9.17) is 0 Å². The Morgan fingerprint density at radius 1 is 1.29 bits per heavy atom. The molecule has 1 aromatic rings. The largest absolute Gasteiger partial charge is 0.316 e. The second kappa shape index (κ2) is 5.32. The normalized spacial score (nSPS) is 10.6. The van der Waals surface area contributed by atoms with Crippen molar-refractivity contribution in [3.63, 3.8) is 0 Å². The Morgan fingerprint density at radius 3 is 2.29 bits per heavy atom. The van der Waals surface area contributed by atoms with Gasteiger partial charge in [-0.05, 0) is 30.5 Å². The van der Waals surface area contributed by atoms with E-state index in [1.807, 2.05) is 6.92 Å². The van der Waals surface area contributed by atoms with E-state index in [1.165, 1.54) is 23.9 Å². The lowest BCUT2D eigenvalue weighted by Gasteiger charge is -2.06. The van der Waals surface area contributed by atoms with E-state index in [2.05, 4.69) is 5.32 Å². The summed E-state index contributed by atoms with van der Waals surface area (Å²) >= 11 is 1.18. The average Bonchev–Trinajstić information content (AvgIpc) is 2.12. The Bertz CT molecular complexity index is 292. The molecule has 4 heteroatoms. The highest BCUT2D eigenvalue weighted by Gasteiger charge is 2.10. The molecule has 0 aliphatic rings. The minimum absolute atomic E-state index is 0.118. The quantitative estimate of drug-likeness (QED) is 0.778. The van der Waals surface area contributed by atoms with E-state index in [0.29, 0.717) is 17.9 Å². The molecule has 0 aliphatic carbocycles. The van der Waals surface area contributed by atoms with Crippen molar-refractivity contribution in [1.29, 1.82) is 0 Å². The fourth-order valence-electron chi connectivity index (χ4n) is 1.20. The molecule has 1 nitrogen and oxygen atoms in total. The van der Waals surface area contributed by atoms with Crippen LogP contribution in [0.3, 0.4) is 0 Å². The Kier molecular flexibility index (Phi) is 4.35. The summed E-state index contributed by atoms with van der Waals surface area (Å²) in [5.41, 5.74) is 0.628. The molecule has 0 aromatic heterocycles. The third kappa shape index (κ3) is 2.69. The minimum Gasteiger partial charge on any atom is -0.316 e. The van der Waals surface area contributed by atoms with Crippen molar-refractivity contribution in [3.8, 4) is 0 Å². The SMILES string of the molecule is CCSc1c(F)cc(CNC)cc1F. The average molecular weight is 217 g/mol. The summed E-state index contributed by atoms with van der Waals surface area (Å²) in [5, 5.41) is 2.85. The van der Waals surface area contributed by atoms with E-state index in [1.54, 1.807) is 7.05 Å². The monoisotopic (exact) mass is 217 g/mol. The van der Waals surface area contributed by atoms with Crippen molar-refractivity contribution in [2.45, 2.75) is 18.4 Å². The van der Waals surface area contributed by atoms with Crippen molar-refractivity contribution in [2.75, 3.05) is 12.8 Å². The van der Waals surface area contributed by atoms with Crippen LogP contribution in [0.25, 0.3) is 0 Å². The first-order valence-electron chi connectivity index (χ1n) is 4.44. The third-order valence-electron chi connectivity index (χ3n) is 1.73. The molecule has 1 rings (SSSR count). The number of thioether (sulfide) groups is 1. The van der Waals surface area contributed by atoms with Gasteiger partial charge in [0.2, 0.25) is 0 Å². The lowest BCUT2D eigenvalue weighted by Crippen LogP contribution is -2.06. The lowest BCUT2D eigenvalue weighted by atomic mass is 10.2. The predicted octanol–water partition coefficient (Wildman–Crippen LogP) is 2.80. The van der Waals surface area contributed by atoms with Gasteiger partial charge in [-0.2, -0.15) is 0 Å². The molecule has 0 radical (unpaired) electrons. The summed E-state index contributed by atoms with van der Waals surface area (Å²) in [6, 6.07) is 2.75. The highest BCUT2D eigenvalue weighted by atomic mass is 32.2. The molecule has 0 heterocycles. The summed E-state index contributed by atoms with van der Waals surface area (Å²) in [6.07, 6.45) is 0. The van der Waals surface area contributed by atoms with E-state index >= 15 is 0 Å². The summed E-state index contributed by atoms with van der Waals surface area (Å²) < 4.78 is 26.7. The number of benzene rings is 1. The van der Waals surface area contributed by atoms with Crippen LogP contribution in [0.5, 0.6) is 0 Å². The zero-order chi connectivity index (χ0) is 10.6. The standard InChI is InChI=1S/C10H13F2NS/c1-3-14-10-8(11)4-7(6-13-2)5-9(10)12/h4-5,13H,3,6H2,1-2H3.